The molecule has 20 heavy (non-hydrogen) atoms. The van der Waals surface area contributed by atoms with Crippen LogP contribution < -0.4 is 4.74 Å². The van der Waals surface area contributed by atoms with Crippen LogP contribution in [0.5, 0.6) is 11.5 Å². The first-order valence-electron chi connectivity index (χ1n) is 5.27. The van der Waals surface area contributed by atoms with Crippen molar-refractivity contribution in [2.75, 3.05) is 0 Å². The van der Waals surface area contributed by atoms with Gasteiger partial charge in [-0.2, -0.15) is 13.2 Å². The van der Waals surface area contributed by atoms with Crippen LogP contribution in [0.3, 0.4) is 0 Å². The fourth-order valence-corrected chi connectivity index (χ4v) is 2.19. The topological polar surface area (TPSA) is 9.23 Å². The molecule has 0 fully saturated rings. The third kappa shape index (κ3) is 3.52. The highest BCUT2D eigenvalue weighted by Crippen LogP contribution is 2.40. The Morgan fingerprint density at radius 3 is 2.10 bits per heavy atom. The lowest BCUT2D eigenvalue weighted by molar-refractivity contribution is -0.138. The van der Waals surface area contributed by atoms with Crippen molar-refractivity contribution in [1.29, 1.82) is 0 Å². The first kappa shape index (κ1) is 15.3. The molecule has 0 aromatic heterocycles. The molecule has 0 bridgehead atoms. The molecular weight excluding hydrogens is 408 g/mol. The molecule has 2 aromatic rings. The monoisotopic (exact) mass is 412 g/mol. The number of ether oxygens (including phenoxy) is 1. The maximum atomic E-state index is 13.5. The van der Waals surface area contributed by atoms with E-state index >= 15 is 0 Å². The van der Waals surface area contributed by atoms with Crippen LogP contribution in [0, 0.1) is 5.82 Å². The summed E-state index contributed by atoms with van der Waals surface area (Å²) in [7, 11) is 0. The van der Waals surface area contributed by atoms with Gasteiger partial charge in [0.2, 0.25) is 0 Å². The van der Waals surface area contributed by atoms with Gasteiger partial charge in [-0.1, -0.05) is 31.9 Å². The van der Waals surface area contributed by atoms with Crippen molar-refractivity contribution in [3.8, 4) is 11.5 Å². The summed E-state index contributed by atoms with van der Waals surface area (Å²) in [4.78, 5) is 0. The maximum Gasteiger partial charge on any atom is 0.420 e. The van der Waals surface area contributed by atoms with Crippen LogP contribution in [0.4, 0.5) is 17.6 Å². The third-order valence-corrected chi connectivity index (χ3v) is 3.35. The molecule has 106 valence electrons. The van der Waals surface area contributed by atoms with E-state index in [1.807, 2.05) is 0 Å². The summed E-state index contributed by atoms with van der Waals surface area (Å²) < 4.78 is 58.1. The molecule has 0 saturated heterocycles. The van der Waals surface area contributed by atoms with Crippen LogP contribution in [0.1, 0.15) is 5.56 Å². The lowest BCUT2D eigenvalue weighted by Crippen LogP contribution is -2.07. The molecule has 0 saturated carbocycles. The van der Waals surface area contributed by atoms with E-state index in [9.17, 15) is 17.6 Å². The highest BCUT2D eigenvalue weighted by Gasteiger charge is 2.35. The fraction of sp³-hybridized carbons (Fsp3) is 0.0769. The van der Waals surface area contributed by atoms with Crippen LogP contribution in [-0.4, -0.2) is 0 Å². The Balaban J connectivity index is 2.46. The van der Waals surface area contributed by atoms with Crippen LogP contribution >= 0.6 is 31.9 Å². The third-order valence-electron chi connectivity index (χ3n) is 2.36. The SMILES string of the molecule is Fc1ccc(Br)cc1Oc1ccc(Br)cc1C(F)(F)F. The van der Waals surface area contributed by atoms with Gasteiger partial charge in [-0.3, -0.25) is 0 Å². The van der Waals surface area contributed by atoms with Crippen molar-refractivity contribution in [2.45, 2.75) is 6.18 Å². The van der Waals surface area contributed by atoms with Gasteiger partial charge in [0.05, 0.1) is 5.56 Å². The Morgan fingerprint density at radius 1 is 0.850 bits per heavy atom. The molecule has 0 aliphatic rings. The number of hydrogen-bond donors (Lipinski definition) is 0. The fourth-order valence-electron chi connectivity index (χ4n) is 1.49. The Morgan fingerprint density at radius 2 is 1.45 bits per heavy atom. The van der Waals surface area contributed by atoms with E-state index in [1.54, 1.807) is 0 Å². The second kappa shape index (κ2) is 5.73. The molecule has 0 aliphatic carbocycles. The van der Waals surface area contributed by atoms with E-state index in [-0.39, 0.29) is 10.2 Å². The minimum Gasteiger partial charge on any atom is -0.454 e. The van der Waals surface area contributed by atoms with Gasteiger partial charge in [-0.15, -0.1) is 0 Å². The Labute approximate surface area is 128 Å². The molecule has 2 aromatic carbocycles. The van der Waals surface area contributed by atoms with Gasteiger partial charge < -0.3 is 4.74 Å². The second-order valence-electron chi connectivity index (χ2n) is 3.82. The molecule has 2 rings (SSSR count). The van der Waals surface area contributed by atoms with Gasteiger partial charge in [-0.25, -0.2) is 4.39 Å². The smallest absolute Gasteiger partial charge is 0.420 e. The maximum absolute atomic E-state index is 13.5. The van der Waals surface area contributed by atoms with Gasteiger partial charge in [0.1, 0.15) is 5.75 Å². The number of benzene rings is 2. The van der Waals surface area contributed by atoms with Gasteiger partial charge in [-0.05, 0) is 36.4 Å². The standard InChI is InChI=1S/C13H6Br2F4O/c14-7-2-4-11(9(5-7)13(17,18)19)20-12-6-8(15)1-3-10(12)16/h1-6H. The number of alkyl halides is 3. The predicted octanol–water partition coefficient (Wildman–Crippen LogP) is 6.16. The lowest BCUT2D eigenvalue weighted by Gasteiger charge is -2.14. The summed E-state index contributed by atoms with van der Waals surface area (Å²) in [6, 6.07) is 7.19. The van der Waals surface area contributed by atoms with Crippen molar-refractivity contribution in [3.05, 3.63) is 56.7 Å². The largest absolute Gasteiger partial charge is 0.454 e. The van der Waals surface area contributed by atoms with Gasteiger partial charge >= 0.3 is 6.18 Å². The zero-order chi connectivity index (χ0) is 14.9. The molecule has 1 nitrogen and oxygen atoms in total. The van der Waals surface area contributed by atoms with Crippen molar-refractivity contribution in [2.24, 2.45) is 0 Å². The molecule has 0 unspecified atom stereocenters. The van der Waals surface area contributed by atoms with Crippen LogP contribution in [0.2, 0.25) is 0 Å². The minimum absolute atomic E-state index is 0.256. The minimum atomic E-state index is -4.60. The van der Waals surface area contributed by atoms with Gasteiger partial charge in [0.15, 0.2) is 11.6 Å². The molecular formula is C13H6Br2F4O. The molecule has 0 heterocycles. The van der Waals surface area contributed by atoms with Gasteiger partial charge in [0.25, 0.3) is 0 Å². The highest BCUT2D eigenvalue weighted by atomic mass is 79.9. The van der Waals surface area contributed by atoms with E-state index in [2.05, 4.69) is 31.9 Å². The van der Waals surface area contributed by atoms with Crippen LogP contribution in [0.15, 0.2) is 45.3 Å². The van der Waals surface area contributed by atoms with E-state index in [4.69, 9.17) is 4.74 Å². The molecule has 0 spiro atoms. The van der Waals surface area contributed by atoms with Crippen LogP contribution in [0.25, 0.3) is 0 Å². The average Bonchev–Trinajstić information content (AvgIpc) is 2.34. The van der Waals surface area contributed by atoms with Crippen molar-refractivity contribution >= 4 is 31.9 Å². The summed E-state index contributed by atoms with van der Waals surface area (Å²) in [5.74, 6) is -1.49. The zero-order valence-electron chi connectivity index (χ0n) is 9.64. The first-order valence-corrected chi connectivity index (χ1v) is 6.85. The molecule has 0 radical (unpaired) electrons. The van der Waals surface area contributed by atoms with E-state index in [1.165, 1.54) is 18.2 Å². The summed E-state index contributed by atoms with van der Waals surface area (Å²) in [5, 5.41) is 0. The normalized spacial score (nSPS) is 11.5. The Kier molecular flexibility index (Phi) is 4.39. The van der Waals surface area contributed by atoms with E-state index < -0.39 is 23.3 Å². The molecule has 7 heteroatoms. The molecule has 0 amide bonds. The number of hydrogen-bond acceptors (Lipinski definition) is 1. The van der Waals surface area contributed by atoms with Gasteiger partial charge in [0, 0.05) is 8.95 Å². The van der Waals surface area contributed by atoms with E-state index in [0.29, 0.717) is 4.47 Å². The highest BCUT2D eigenvalue weighted by molar-refractivity contribution is 9.10. The van der Waals surface area contributed by atoms with Crippen molar-refractivity contribution < 1.29 is 22.3 Å². The summed E-state index contributed by atoms with van der Waals surface area (Å²) in [5.41, 5.74) is -0.980. The van der Waals surface area contributed by atoms with E-state index in [0.717, 1.165) is 18.2 Å². The summed E-state index contributed by atoms with van der Waals surface area (Å²) in [6.07, 6.45) is -4.60. The number of rotatable bonds is 2. The number of halogens is 6. The average molecular weight is 414 g/mol. The zero-order valence-corrected chi connectivity index (χ0v) is 12.8. The first-order chi connectivity index (χ1) is 9.27. The molecule has 0 atom stereocenters. The molecule has 0 N–H and O–H groups in total. The summed E-state index contributed by atoms with van der Waals surface area (Å²) >= 11 is 6.07. The summed E-state index contributed by atoms with van der Waals surface area (Å²) in [6.45, 7) is 0. The second-order valence-corrected chi connectivity index (χ2v) is 5.65. The van der Waals surface area contributed by atoms with Crippen molar-refractivity contribution in [3.63, 3.8) is 0 Å². The lowest BCUT2D eigenvalue weighted by atomic mass is 10.2. The van der Waals surface area contributed by atoms with Crippen molar-refractivity contribution in [1.82, 2.24) is 0 Å². The predicted molar refractivity (Wildman–Crippen MR) is 73.3 cm³/mol. The Hall–Kier alpha value is -1.08. The quantitative estimate of drug-likeness (QED) is 0.535. The molecule has 0 aliphatic heterocycles. The Bertz CT molecular complexity index is 641. The van der Waals surface area contributed by atoms with Crippen LogP contribution in [-0.2, 0) is 6.18 Å².